The molecule has 3 heterocycles. The Labute approximate surface area is 190 Å². The molecule has 1 aliphatic rings. The van der Waals surface area contributed by atoms with Crippen molar-refractivity contribution in [3.63, 3.8) is 0 Å². The lowest BCUT2D eigenvalue weighted by molar-refractivity contribution is 0.306. The third kappa shape index (κ3) is 4.68. The summed E-state index contributed by atoms with van der Waals surface area (Å²) in [5, 5.41) is 0.649. The number of benzene rings is 2. The third-order valence-electron chi connectivity index (χ3n) is 5.01. The van der Waals surface area contributed by atoms with Crippen molar-refractivity contribution in [2.75, 3.05) is 0 Å². The summed E-state index contributed by atoms with van der Waals surface area (Å²) in [6.45, 7) is 0.440. The topological polar surface area (TPSA) is 47.6 Å². The Balaban J connectivity index is 1.37. The quantitative estimate of drug-likeness (QED) is 0.302. The molecular weight excluding hydrogens is 428 g/mol. The van der Waals surface area contributed by atoms with Crippen LogP contribution in [0.3, 0.4) is 0 Å². The molecule has 2 aromatic carbocycles. The second-order valence-electron chi connectivity index (χ2n) is 7.15. The van der Waals surface area contributed by atoms with Gasteiger partial charge < -0.3 is 9.15 Å². The minimum Gasteiger partial charge on any atom is -0.489 e. The largest absolute Gasteiger partial charge is 0.489 e. The van der Waals surface area contributed by atoms with E-state index in [1.165, 1.54) is 0 Å². The number of halogens is 1. The van der Waals surface area contributed by atoms with Gasteiger partial charge in [0.05, 0.1) is 17.2 Å². The number of thioether (sulfide) groups is 1. The van der Waals surface area contributed by atoms with E-state index in [1.54, 1.807) is 30.3 Å². The number of ether oxygens (including phenoxy) is 1. The van der Waals surface area contributed by atoms with Crippen LogP contribution < -0.4 is 4.74 Å². The van der Waals surface area contributed by atoms with Crippen LogP contribution in [0.4, 0.5) is 5.69 Å². The summed E-state index contributed by atoms with van der Waals surface area (Å²) in [5.41, 5.74) is 4.07. The van der Waals surface area contributed by atoms with Gasteiger partial charge in [0.1, 0.15) is 23.3 Å². The van der Waals surface area contributed by atoms with Crippen LogP contribution >= 0.6 is 23.4 Å². The van der Waals surface area contributed by atoms with Crippen molar-refractivity contribution in [1.82, 2.24) is 4.98 Å². The smallest absolute Gasteiger partial charge is 0.129 e. The summed E-state index contributed by atoms with van der Waals surface area (Å²) >= 11 is 7.63. The van der Waals surface area contributed by atoms with E-state index in [4.69, 9.17) is 25.7 Å². The molecule has 31 heavy (non-hydrogen) atoms. The summed E-state index contributed by atoms with van der Waals surface area (Å²) in [4.78, 5) is 10.2. The van der Waals surface area contributed by atoms with Gasteiger partial charge in [-0.05, 0) is 60.2 Å². The Kier molecular flexibility index (Phi) is 5.78. The fourth-order valence-electron chi connectivity index (χ4n) is 3.43. The van der Waals surface area contributed by atoms with Gasteiger partial charge in [-0.25, -0.2) is 4.98 Å². The Hall–Kier alpha value is -3.02. The molecule has 1 atom stereocenters. The lowest BCUT2D eigenvalue weighted by Gasteiger charge is -2.13. The molecular formula is C25H19ClN2O2S. The van der Waals surface area contributed by atoms with Gasteiger partial charge in [0, 0.05) is 28.8 Å². The van der Waals surface area contributed by atoms with E-state index in [9.17, 15) is 0 Å². The zero-order valence-corrected chi connectivity index (χ0v) is 18.1. The molecule has 4 nitrogen and oxygen atoms in total. The molecule has 0 spiro atoms. The Morgan fingerprint density at radius 1 is 1.00 bits per heavy atom. The molecule has 0 fully saturated rings. The second kappa shape index (κ2) is 9.00. The number of hydrogen-bond donors (Lipinski definition) is 0. The number of fused-ring (bicyclic) bond motifs is 1. The van der Waals surface area contributed by atoms with E-state index in [1.807, 2.05) is 42.5 Å². The molecule has 1 aliphatic heterocycles. The van der Waals surface area contributed by atoms with Gasteiger partial charge >= 0.3 is 0 Å². The number of hydrogen-bond acceptors (Lipinski definition) is 5. The van der Waals surface area contributed by atoms with Gasteiger partial charge in [-0.1, -0.05) is 29.8 Å². The molecule has 0 radical (unpaired) electrons. The number of para-hydroxylation sites is 1. The Morgan fingerprint density at radius 2 is 1.87 bits per heavy atom. The van der Waals surface area contributed by atoms with E-state index >= 15 is 0 Å². The highest BCUT2D eigenvalue weighted by atomic mass is 35.5. The highest BCUT2D eigenvalue weighted by molar-refractivity contribution is 7.99. The number of pyridine rings is 1. The standard InChI is InChI=1S/C25H19ClN2O2S/c26-25-12-7-17(15-27-25)16-30-19-10-8-18(9-11-19)21-14-24(22-5-3-13-29-22)31-23-6-2-1-4-20(23)28-21/h1-13,15,24H,14,16H2. The van der Waals surface area contributed by atoms with Crippen molar-refractivity contribution in [1.29, 1.82) is 0 Å². The molecule has 0 amide bonds. The third-order valence-corrected chi connectivity index (χ3v) is 6.52. The van der Waals surface area contributed by atoms with E-state index in [0.29, 0.717) is 11.8 Å². The minimum atomic E-state index is 0.172. The van der Waals surface area contributed by atoms with Gasteiger partial charge in [-0.15, -0.1) is 11.8 Å². The molecule has 0 saturated heterocycles. The van der Waals surface area contributed by atoms with Crippen molar-refractivity contribution in [3.8, 4) is 5.75 Å². The second-order valence-corrected chi connectivity index (χ2v) is 8.79. The van der Waals surface area contributed by atoms with E-state index in [2.05, 4.69) is 29.2 Å². The summed E-state index contributed by atoms with van der Waals surface area (Å²) in [6.07, 6.45) is 4.23. The fourth-order valence-corrected chi connectivity index (χ4v) is 4.73. The zero-order valence-electron chi connectivity index (χ0n) is 16.6. The van der Waals surface area contributed by atoms with Crippen LogP contribution in [-0.4, -0.2) is 10.7 Å². The van der Waals surface area contributed by atoms with Crippen molar-refractivity contribution < 1.29 is 9.15 Å². The maximum Gasteiger partial charge on any atom is 0.129 e. The average Bonchev–Trinajstić information content (AvgIpc) is 3.27. The van der Waals surface area contributed by atoms with Crippen molar-refractivity contribution in [2.45, 2.75) is 23.2 Å². The first kappa shape index (κ1) is 19.9. The van der Waals surface area contributed by atoms with Crippen molar-refractivity contribution in [3.05, 3.63) is 107 Å². The van der Waals surface area contributed by atoms with Gasteiger partial charge in [0.2, 0.25) is 0 Å². The molecule has 0 saturated carbocycles. The first-order chi connectivity index (χ1) is 15.2. The molecule has 6 heteroatoms. The van der Waals surface area contributed by atoms with E-state index < -0.39 is 0 Å². The van der Waals surface area contributed by atoms with Crippen LogP contribution in [0.5, 0.6) is 5.75 Å². The number of furan rings is 1. The van der Waals surface area contributed by atoms with Crippen molar-refractivity contribution in [2.24, 2.45) is 4.99 Å². The SMILES string of the molecule is Clc1ccc(COc2ccc(C3=Nc4ccccc4SC(c4ccco4)C3)cc2)cn1. The van der Waals surface area contributed by atoms with Crippen LogP contribution in [0, 0.1) is 0 Å². The molecule has 5 rings (SSSR count). The van der Waals surface area contributed by atoms with E-state index in [-0.39, 0.29) is 5.25 Å². The maximum absolute atomic E-state index is 5.89. The molecule has 1 unspecified atom stereocenters. The molecule has 0 bridgehead atoms. The normalized spacial score (nSPS) is 15.6. The number of rotatable bonds is 5. The molecule has 2 aromatic heterocycles. The number of aliphatic imine (C=N–C) groups is 1. The molecule has 4 aromatic rings. The fraction of sp³-hybridized carbons (Fsp3) is 0.120. The zero-order chi connectivity index (χ0) is 21.0. The van der Waals surface area contributed by atoms with Crippen LogP contribution in [0.15, 0.2) is 99.6 Å². The predicted molar refractivity (Wildman–Crippen MR) is 125 cm³/mol. The highest BCUT2D eigenvalue weighted by Crippen LogP contribution is 2.45. The van der Waals surface area contributed by atoms with E-state index in [0.717, 1.165) is 45.4 Å². The lowest BCUT2D eigenvalue weighted by atomic mass is 10.0. The summed E-state index contributed by atoms with van der Waals surface area (Å²) in [7, 11) is 0. The van der Waals surface area contributed by atoms with Gasteiger partial charge in [0.15, 0.2) is 0 Å². The first-order valence-corrected chi connectivity index (χ1v) is 11.2. The predicted octanol–water partition coefficient (Wildman–Crippen LogP) is 7.26. The minimum absolute atomic E-state index is 0.172. The monoisotopic (exact) mass is 446 g/mol. The van der Waals surface area contributed by atoms with Gasteiger partial charge in [-0.2, -0.15) is 0 Å². The first-order valence-electron chi connectivity index (χ1n) is 9.95. The molecule has 154 valence electrons. The molecule has 0 aliphatic carbocycles. The number of aromatic nitrogens is 1. The lowest BCUT2D eigenvalue weighted by Crippen LogP contribution is -2.05. The Morgan fingerprint density at radius 3 is 2.65 bits per heavy atom. The summed E-state index contributed by atoms with van der Waals surface area (Å²) < 4.78 is 11.6. The van der Waals surface area contributed by atoms with Crippen LogP contribution in [0.1, 0.15) is 28.6 Å². The summed E-state index contributed by atoms with van der Waals surface area (Å²) in [5.74, 6) is 1.76. The van der Waals surface area contributed by atoms with Crippen LogP contribution in [0.2, 0.25) is 5.15 Å². The summed E-state index contributed by atoms with van der Waals surface area (Å²) in [6, 6.07) is 24.0. The molecule has 0 N–H and O–H groups in total. The van der Waals surface area contributed by atoms with Gasteiger partial charge in [-0.3, -0.25) is 4.99 Å². The highest BCUT2D eigenvalue weighted by Gasteiger charge is 2.24. The number of nitrogens with zero attached hydrogens (tertiary/aromatic N) is 2. The maximum atomic E-state index is 5.89. The van der Waals surface area contributed by atoms with Crippen molar-refractivity contribution >= 4 is 34.8 Å². The van der Waals surface area contributed by atoms with Crippen LogP contribution in [0.25, 0.3) is 0 Å². The van der Waals surface area contributed by atoms with Gasteiger partial charge in [0.25, 0.3) is 0 Å². The van der Waals surface area contributed by atoms with Crippen LogP contribution in [-0.2, 0) is 6.61 Å². The Bertz CT molecular complexity index is 1190. The average molecular weight is 447 g/mol.